The Morgan fingerprint density at radius 1 is 1.27 bits per heavy atom. The van der Waals surface area contributed by atoms with E-state index in [9.17, 15) is 4.39 Å². The third-order valence-electron chi connectivity index (χ3n) is 5.68. The number of rotatable bonds is 11. The van der Waals surface area contributed by atoms with Crippen molar-refractivity contribution in [2.75, 3.05) is 19.0 Å². The minimum absolute atomic E-state index is 0.0318. The minimum atomic E-state index is -0.340. The van der Waals surface area contributed by atoms with Crippen molar-refractivity contribution in [1.82, 2.24) is 0 Å². The molecule has 0 radical (unpaired) electrons. The molecule has 0 aromatic heterocycles. The topological polar surface area (TPSA) is 69.7 Å². The smallest absolute Gasteiger partial charge is 0.224 e. The quantitative estimate of drug-likeness (QED) is 0.246. The Kier molecular flexibility index (Phi) is 7.29. The second-order valence-corrected chi connectivity index (χ2v) is 8.50. The minimum Gasteiger partial charge on any atom is -0.481 e. The van der Waals surface area contributed by atoms with Crippen LogP contribution in [0.15, 0.2) is 77.3 Å². The molecule has 7 heteroatoms. The lowest BCUT2D eigenvalue weighted by Gasteiger charge is -2.20. The molecule has 6 nitrogen and oxygen atoms in total. The van der Waals surface area contributed by atoms with Crippen molar-refractivity contribution in [3.05, 3.63) is 89.1 Å². The summed E-state index contributed by atoms with van der Waals surface area (Å²) in [5.41, 5.74) is 4.15. The normalized spacial score (nSPS) is 16.4. The molecule has 1 aliphatic heterocycles. The van der Waals surface area contributed by atoms with E-state index in [2.05, 4.69) is 10.4 Å². The number of nitrogens with zero attached hydrogens (tertiary/aromatic N) is 2. The molecule has 0 unspecified atom stereocenters. The number of azo groups is 2. The van der Waals surface area contributed by atoms with Crippen molar-refractivity contribution < 1.29 is 18.6 Å². The van der Waals surface area contributed by atoms with Crippen LogP contribution in [0.25, 0.3) is 0 Å². The van der Waals surface area contributed by atoms with Crippen LogP contribution in [-0.4, -0.2) is 24.2 Å². The van der Waals surface area contributed by atoms with Crippen molar-refractivity contribution in [2.24, 2.45) is 11.0 Å². The van der Waals surface area contributed by atoms with Crippen molar-refractivity contribution in [1.29, 1.82) is 5.41 Å². The van der Waals surface area contributed by atoms with E-state index >= 15 is 0 Å². The molecule has 0 spiro atoms. The van der Waals surface area contributed by atoms with Gasteiger partial charge in [-0.3, -0.25) is 5.41 Å². The third-order valence-corrected chi connectivity index (χ3v) is 5.68. The molecule has 2 N–H and O–H groups in total. The van der Waals surface area contributed by atoms with Gasteiger partial charge >= 0.3 is 0 Å². The van der Waals surface area contributed by atoms with Crippen LogP contribution in [0.1, 0.15) is 43.4 Å². The van der Waals surface area contributed by atoms with Gasteiger partial charge in [0.05, 0.1) is 19.8 Å². The molecule has 0 saturated heterocycles. The second kappa shape index (κ2) is 10.5. The number of halogens is 1. The lowest BCUT2D eigenvalue weighted by Crippen LogP contribution is -2.16. The van der Waals surface area contributed by atoms with Gasteiger partial charge in [-0.05, 0) is 43.5 Å². The van der Waals surface area contributed by atoms with E-state index in [-0.39, 0.29) is 17.8 Å². The highest BCUT2D eigenvalue weighted by Gasteiger charge is 2.31. The van der Waals surface area contributed by atoms with Gasteiger partial charge in [0.25, 0.3) is 0 Å². The van der Waals surface area contributed by atoms with E-state index in [1.165, 1.54) is 32.1 Å². The van der Waals surface area contributed by atoms with Crippen LogP contribution in [0.3, 0.4) is 0 Å². The molecule has 1 atom stereocenters. The summed E-state index contributed by atoms with van der Waals surface area (Å²) in [6, 6.07) is 14.5. The summed E-state index contributed by atoms with van der Waals surface area (Å²) in [6.45, 7) is 3.31. The van der Waals surface area contributed by atoms with E-state index in [1.54, 1.807) is 12.1 Å². The average Bonchev–Trinajstić information content (AvgIpc) is 3.61. The summed E-state index contributed by atoms with van der Waals surface area (Å²) < 4.78 is 27.2. The molecule has 172 valence electrons. The van der Waals surface area contributed by atoms with Gasteiger partial charge in [-0.1, -0.05) is 35.0 Å². The molecule has 1 fully saturated rings. The van der Waals surface area contributed by atoms with E-state index < -0.39 is 0 Å². The Bertz CT molecular complexity index is 1090. The molecule has 0 bridgehead atoms. The summed E-state index contributed by atoms with van der Waals surface area (Å²) >= 11 is 0. The monoisotopic (exact) mass is 449 g/mol. The van der Waals surface area contributed by atoms with Gasteiger partial charge in [-0.25, -0.2) is 4.39 Å². The van der Waals surface area contributed by atoms with Gasteiger partial charge in [0.15, 0.2) is 12.2 Å². The van der Waals surface area contributed by atoms with Gasteiger partial charge < -0.3 is 14.8 Å². The maximum Gasteiger partial charge on any atom is 0.224 e. The number of hydrogen-bond donors (Lipinski definition) is 2. The highest BCUT2D eigenvalue weighted by atomic mass is 19.1. The first-order valence-electron chi connectivity index (χ1n) is 11.2. The number of anilines is 1. The van der Waals surface area contributed by atoms with Crippen LogP contribution in [-0.2, 0) is 16.1 Å². The fraction of sp³-hybridized carbons (Fsp3) is 0.346. The summed E-state index contributed by atoms with van der Waals surface area (Å²) in [6.07, 6.45) is 6.41. The molecule has 1 saturated carbocycles. The maximum absolute atomic E-state index is 14.1. The predicted molar refractivity (Wildman–Crippen MR) is 125 cm³/mol. The Morgan fingerprint density at radius 2 is 2.03 bits per heavy atom. The molecule has 1 heterocycles. The number of benzene rings is 2. The van der Waals surface area contributed by atoms with Crippen molar-refractivity contribution >= 4 is 11.6 Å². The van der Waals surface area contributed by atoms with Crippen LogP contribution in [0.5, 0.6) is 0 Å². The average molecular weight is 450 g/mol. The molecule has 1 aliphatic carbocycles. The lowest BCUT2D eigenvalue weighted by molar-refractivity contribution is -0.550. The van der Waals surface area contributed by atoms with E-state index in [4.69, 9.17) is 14.9 Å². The van der Waals surface area contributed by atoms with Gasteiger partial charge in [0.1, 0.15) is 5.82 Å². The first-order valence-corrected chi connectivity index (χ1v) is 11.2. The predicted octanol–water partition coefficient (Wildman–Crippen LogP) is 6.14. The zero-order valence-corrected chi connectivity index (χ0v) is 19.1. The summed E-state index contributed by atoms with van der Waals surface area (Å²) in [7, 11) is 1.46. The fourth-order valence-electron chi connectivity index (χ4n) is 3.66. The summed E-state index contributed by atoms with van der Waals surface area (Å²) in [5.74, 6) is 0.470. The standard InChI is InChI=1S/C26H30FN4O2/c1-18(33-17-20-6-4-3-5-7-20)24-12-21(27)10-11-25(24)29-22(14-26(28)32-2)13-23-16-31(30-23)15-19-8-9-19/h3-7,10-12,14,16,18-19,28-29H,8-9,13,15,17H2,1-2H3/q+1/b22-14-,28-26?/t18-/m1/s1. The number of ether oxygens (including phenoxy) is 2. The van der Waals surface area contributed by atoms with Crippen molar-refractivity contribution in [3.63, 3.8) is 0 Å². The fourth-order valence-corrected chi connectivity index (χ4v) is 3.66. The summed E-state index contributed by atoms with van der Waals surface area (Å²) in [4.78, 5) is 0. The maximum atomic E-state index is 14.1. The molecule has 2 aromatic rings. The largest absolute Gasteiger partial charge is 0.481 e. The first-order chi connectivity index (χ1) is 16.0. The van der Waals surface area contributed by atoms with Crippen molar-refractivity contribution in [3.8, 4) is 0 Å². The zero-order valence-electron chi connectivity index (χ0n) is 19.1. The van der Waals surface area contributed by atoms with E-state index in [1.807, 2.05) is 48.2 Å². The van der Waals surface area contributed by atoms with Crippen molar-refractivity contribution in [2.45, 2.75) is 38.9 Å². The van der Waals surface area contributed by atoms with Gasteiger partial charge in [0.2, 0.25) is 12.1 Å². The molecular formula is C26H30FN4O2+. The van der Waals surface area contributed by atoms with E-state index in [0.717, 1.165) is 35.1 Å². The molecule has 4 rings (SSSR count). The van der Waals surface area contributed by atoms with Gasteiger partial charge in [0, 0.05) is 40.5 Å². The Labute approximate surface area is 193 Å². The van der Waals surface area contributed by atoms with Crippen LogP contribution in [0.2, 0.25) is 0 Å². The number of methoxy groups -OCH3 is 1. The second-order valence-electron chi connectivity index (χ2n) is 8.50. The summed E-state index contributed by atoms with van der Waals surface area (Å²) in [5, 5.41) is 15.9. The van der Waals surface area contributed by atoms with E-state index in [0.29, 0.717) is 18.6 Å². The van der Waals surface area contributed by atoms with Crippen LogP contribution in [0, 0.1) is 17.1 Å². The van der Waals surface area contributed by atoms with Gasteiger partial charge in [-0.15, -0.1) is 0 Å². The lowest BCUT2D eigenvalue weighted by atomic mass is 10.1. The zero-order chi connectivity index (χ0) is 23.2. The number of nitrogens with one attached hydrogen (secondary N) is 2. The Morgan fingerprint density at radius 3 is 2.73 bits per heavy atom. The van der Waals surface area contributed by atoms with Gasteiger partial charge in [-0.2, -0.15) is 0 Å². The van der Waals surface area contributed by atoms with Crippen LogP contribution in [0.4, 0.5) is 10.1 Å². The van der Waals surface area contributed by atoms with Crippen LogP contribution < -0.4 is 5.32 Å². The molecule has 2 aliphatic rings. The highest BCUT2D eigenvalue weighted by Crippen LogP contribution is 2.32. The first kappa shape index (κ1) is 22.9. The Balaban J connectivity index is 1.47. The molecule has 0 amide bonds. The molecular weight excluding hydrogens is 419 g/mol. The Hall–Kier alpha value is -3.32. The SMILES string of the molecule is COC(=N)/C=C(/CC1=C[N+](CC2CC2)=N1)Nc1ccc(F)cc1[C@@H](C)OCc1ccccc1. The molecule has 33 heavy (non-hydrogen) atoms. The molecule has 2 aromatic carbocycles. The van der Waals surface area contributed by atoms with Crippen LogP contribution >= 0.6 is 0 Å². The third kappa shape index (κ3) is 6.58. The highest BCUT2D eigenvalue weighted by molar-refractivity contribution is 5.86. The number of hydrogen-bond acceptors (Lipinski definition) is 5.